The lowest BCUT2D eigenvalue weighted by atomic mass is 9.97. The Balaban J connectivity index is 1.47. The van der Waals surface area contributed by atoms with Gasteiger partial charge in [0.05, 0.1) is 15.7 Å². The summed E-state index contributed by atoms with van der Waals surface area (Å²) in [6, 6.07) is 1.86. The fourth-order valence-corrected chi connectivity index (χ4v) is 7.60. The van der Waals surface area contributed by atoms with Crippen molar-refractivity contribution in [1.82, 2.24) is 19.8 Å². The molecule has 2 aromatic rings. The van der Waals surface area contributed by atoms with Crippen molar-refractivity contribution in [3.8, 4) is 10.7 Å². The fourth-order valence-electron chi connectivity index (χ4n) is 4.59. The summed E-state index contributed by atoms with van der Waals surface area (Å²) >= 11 is 1.34. The van der Waals surface area contributed by atoms with Gasteiger partial charge in [-0.05, 0) is 38.7 Å². The zero-order chi connectivity index (χ0) is 22.7. The molecule has 0 bridgehead atoms. The van der Waals surface area contributed by atoms with E-state index in [1.807, 2.05) is 6.92 Å². The molecule has 0 spiro atoms. The topological polar surface area (TPSA) is 105 Å². The average molecular weight is 481 g/mol. The molecular formula is C22H32N4O4S2. The molecule has 1 atom stereocenters. The standard InChI is InChI=1S/C22H32N4O4S2/c1-3-20-24-21(25-30-20)18-13-19(15(2)31-18)32(28,29)26-12-8-9-16(14-26)22(27)23-17-10-6-4-5-7-11-17/h13,16-17H,3-12,14H2,1-2H3,(H,23,27)/t16-/m1/s1. The lowest BCUT2D eigenvalue weighted by Crippen LogP contribution is -2.47. The summed E-state index contributed by atoms with van der Waals surface area (Å²) < 4.78 is 33.6. The Labute approximate surface area is 193 Å². The zero-order valence-electron chi connectivity index (χ0n) is 18.8. The second kappa shape index (κ2) is 10.0. The van der Waals surface area contributed by atoms with Crippen LogP contribution in [0.4, 0.5) is 0 Å². The highest BCUT2D eigenvalue weighted by Gasteiger charge is 2.35. The van der Waals surface area contributed by atoms with Crippen LogP contribution in [0.25, 0.3) is 10.7 Å². The number of aromatic nitrogens is 2. The van der Waals surface area contributed by atoms with Crippen LogP contribution in [-0.4, -0.2) is 47.9 Å². The van der Waals surface area contributed by atoms with Crippen LogP contribution in [0, 0.1) is 12.8 Å². The Morgan fingerprint density at radius 3 is 2.66 bits per heavy atom. The molecule has 2 aromatic heterocycles. The van der Waals surface area contributed by atoms with E-state index < -0.39 is 10.0 Å². The van der Waals surface area contributed by atoms with Gasteiger partial charge in [-0.25, -0.2) is 8.42 Å². The number of hydrogen-bond acceptors (Lipinski definition) is 7. The minimum Gasteiger partial charge on any atom is -0.353 e. The van der Waals surface area contributed by atoms with Crippen LogP contribution in [0.3, 0.4) is 0 Å². The van der Waals surface area contributed by atoms with Gasteiger partial charge in [0.2, 0.25) is 27.6 Å². The van der Waals surface area contributed by atoms with Crippen molar-refractivity contribution in [2.75, 3.05) is 13.1 Å². The summed E-state index contributed by atoms with van der Waals surface area (Å²) in [7, 11) is -3.71. The largest absolute Gasteiger partial charge is 0.353 e. The molecule has 1 amide bonds. The van der Waals surface area contributed by atoms with Crippen LogP contribution in [-0.2, 0) is 21.2 Å². The maximum atomic E-state index is 13.5. The van der Waals surface area contributed by atoms with Crippen molar-refractivity contribution >= 4 is 27.3 Å². The van der Waals surface area contributed by atoms with E-state index >= 15 is 0 Å². The second-order valence-electron chi connectivity index (χ2n) is 8.80. The van der Waals surface area contributed by atoms with Gasteiger partial charge >= 0.3 is 0 Å². The van der Waals surface area contributed by atoms with E-state index in [1.165, 1.54) is 28.5 Å². The van der Waals surface area contributed by atoms with Crippen LogP contribution in [0.1, 0.15) is 69.1 Å². The summed E-state index contributed by atoms with van der Waals surface area (Å²) in [5.74, 6) is 0.632. The first-order chi connectivity index (χ1) is 15.4. The van der Waals surface area contributed by atoms with Crippen molar-refractivity contribution in [2.45, 2.75) is 82.6 Å². The molecule has 2 fully saturated rings. The van der Waals surface area contributed by atoms with E-state index in [0.29, 0.717) is 40.9 Å². The maximum absolute atomic E-state index is 13.5. The van der Waals surface area contributed by atoms with Crippen molar-refractivity contribution in [3.63, 3.8) is 0 Å². The number of carbonyl (C=O) groups excluding carboxylic acids is 1. The molecule has 0 aromatic carbocycles. The van der Waals surface area contributed by atoms with Crippen molar-refractivity contribution in [2.24, 2.45) is 5.92 Å². The molecule has 1 saturated heterocycles. The molecule has 1 aliphatic carbocycles. The molecule has 1 saturated carbocycles. The number of hydrogen-bond donors (Lipinski definition) is 1. The molecule has 0 unspecified atom stereocenters. The Morgan fingerprint density at radius 1 is 1.22 bits per heavy atom. The predicted molar refractivity (Wildman–Crippen MR) is 123 cm³/mol. The highest BCUT2D eigenvalue weighted by molar-refractivity contribution is 7.89. The first-order valence-corrected chi connectivity index (χ1v) is 13.9. The Kier molecular flexibility index (Phi) is 7.31. The van der Waals surface area contributed by atoms with E-state index in [9.17, 15) is 13.2 Å². The van der Waals surface area contributed by atoms with Crippen LogP contribution in [0.2, 0.25) is 0 Å². The van der Waals surface area contributed by atoms with Crippen LogP contribution in [0.15, 0.2) is 15.5 Å². The Hall–Kier alpha value is -1.78. The second-order valence-corrected chi connectivity index (χ2v) is 12.0. The first kappa shape index (κ1) is 23.4. The third-order valence-corrected chi connectivity index (χ3v) is 9.60. The van der Waals surface area contributed by atoms with E-state index in [-0.39, 0.29) is 29.3 Å². The monoisotopic (exact) mass is 480 g/mol. The molecule has 10 heteroatoms. The number of nitrogens with one attached hydrogen (secondary N) is 1. The number of piperidine rings is 1. The third-order valence-electron chi connectivity index (χ3n) is 6.44. The first-order valence-electron chi connectivity index (χ1n) is 11.6. The zero-order valence-corrected chi connectivity index (χ0v) is 20.4. The molecule has 1 N–H and O–H groups in total. The van der Waals surface area contributed by atoms with Gasteiger partial charge in [-0.3, -0.25) is 4.79 Å². The Bertz CT molecular complexity index is 1040. The van der Waals surface area contributed by atoms with Crippen molar-refractivity contribution in [3.05, 3.63) is 16.8 Å². The number of carbonyl (C=O) groups is 1. The molecule has 3 heterocycles. The van der Waals surface area contributed by atoms with E-state index in [1.54, 1.807) is 13.0 Å². The van der Waals surface area contributed by atoms with Gasteiger partial charge in [-0.1, -0.05) is 37.8 Å². The summed E-state index contributed by atoms with van der Waals surface area (Å²) in [4.78, 5) is 18.9. The summed E-state index contributed by atoms with van der Waals surface area (Å²) in [6.07, 6.45) is 8.83. The number of sulfonamides is 1. The molecule has 8 nitrogen and oxygen atoms in total. The van der Waals surface area contributed by atoms with Gasteiger partial charge in [0.1, 0.15) is 0 Å². The van der Waals surface area contributed by atoms with Crippen molar-refractivity contribution in [1.29, 1.82) is 0 Å². The van der Waals surface area contributed by atoms with Gasteiger partial charge in [0, 0.05) is 30.4 Å². The predicted octanol–water partition coefficient (Wildman–Crippen LogP) is 3.91. The smallest absolute Gasteiger partial charge is 0.244 e. The normalized spacial score (nSPS) is 21.4. The highest BCUT2D eigenvalue weighted by atomic mass is 32.2. The number of thiophene rings is 1. The molecule has 176 valence electrons. The lowest BCUT2D eigenvalue weighted by Gasteiger charge is -2.32. The lowest BCUT2D eigenvalue weighted by molar-refractivity contribution is -0.126. The van der Waals surface area contributed by atoms with Gasteiger partial charge < -0.3 is 9.84 Å². The van der Waals surface area contributed by atoms with Crippen LogP contribution < -0.4 is 5.32 Å². The number of nitrogens with zero attached hydrogens (tertiary/aromatic N) is 3. The molecule has 2 aliphatic rings. The molecule has 0 radical (unpaired) electrons. The van der Waals surface area contributed by atoms with Crippen molar-refractivity contribution < 1.29 is 17.7 Å². The number of amides is 1. The minimum atomic E-state index is -3.71. The minimum absolute atomic E-state index is 0.00146. The van der Waals surface area contributed by atoms with Crippen LogP contribution >= 0.6 is 11.3 Å². The molecule has 32 heavy (non-hydrogen) atoms. The Morgan fingerprint density at radius 2 is 1.97 bits per heavy atom. The summed E-state index contributed by atoms with van der Waals surface area (Å²) in [5, 5.41) is 7.17. The van der Waals surface area contributed by atoms with E-state index in [2.05, 4.69) is 15.5 Å². The number of aryl methyl sites for hydroxylation is 2. The van der Waals surface area contributed by atoms with Gasteiger partial charge in [0.15, 0.2) is 0 Å². The summed E-state index contributed by atoms with van der Waals surface area (Å²) in [5.41, 5.74) is 0. The fraction of sp³-hybridized carbons (Fsp3) is 0.682. The SMILES string of the molecule is CCc1nc(-c2cc(S(=O)(=O)N3CCC[C@@H](C(=O)NC4CCCCCC4)C3)c(C)s2)no1. The van der Waals surface area contributed by atoms with Crippen LogP contribution in [0.5, 0.6) is 0 Å². The summed E-state index contributed by atoms with van der Waals surface area (Å²) in [6.45, 7) is 4.38. The highest BCUT2D eigenvalue weighted by Crippen LogP contribution is 2.35. The quantitative estimate of drug-likeness (QED) is 0.629. The van der Waals surface area contributed by atoms with Gasteiger partial charge in [0.25, 0.3) is 0 Å². The van der Waals surface area contributed by atoms with E-state index in [4.69, 9.17) is 4.52 Å². The third kappa shape index (κ3) is 5.07. The maximum Gasteiger partial charge on any atom is 0.244 e. The van der Waals surface area contributed by atoms with Gasteiger partial charge in [-0.2, -0.15) is 9.29 Å². The molecule has 1 aliphatic heterocycles. The molecule has 4 rings (SSSR count). The van der Waals surface area contributed by atoms with E-state index in [0.717, 1.165) is 32.1 Å². The average Bonchev–Trinajstić information content (AvgIpc) is 3.34. The molecular weight excluding hydrogens is 448 g/mol. The number of rotatable bonds is 6. The van der Waals surface area contributed by atoms with Gasteiger partial charge in [-0.15, -0.1) is 11.3 Å².